The van der Waals surface area contributed by atoms with Gasteiger partial charge in [-0.15, -0.1) is 0 Å². The summed E-state index contributed by atoms with van der Waals surface area (Å²) in [6, 6.07) is 0. The van der Waals surface area contributed by atoms with Crippen LogP contribution in [0.4, 0.5) is 0 Å². The Labute approximate surface area is 75.4 Å². The van der Waals surface area contributed by atoms with Crippen molar-refractivity contribution < 1.29 is 14.3 Å². The highest BCUT2D eigenvalue weighted by Crippen LogP contribution is 2.57. The van der Waals surface area contributed by atoms with Crippen molar-refractivity contribution in [2.75, 3.05) is 0 Å². The molecule has 5 atom stereocenters. The van der Waals surface area contributed by atoms with Crippen molar-refractivity contribution in [3.05, 3.63) is 0 Å². The number of carbonyl (C=O) groups is 2. The van der Waals surface area contributed by atoms with E-state index in [1.54, 1.807) is 0 Å². The molecule has 3 rings (SSSR count). The maximum absolute atomic E-state index is 11.4. The average molecular weight is 181 g/mol. The molecule has 1 heterocycles. The van der Waals surface area contributed by atoms with E-state index in [4.69, 9.17) is 10.5 Å². The molecule has 3 fully saturated rings. The molecular formula is C9H11NO3. The van der Waals surface area contributed by atoms with Crippen LogP contribution in [0.3, 0.4) is 0 Å². The smallest absolute Gasteiger partial charge is 0.310 e. The highest BCUT2D eigenvalue weighted by Gasteiger charge is 2.63. The van der Waals surface area contributed by atoms with Crippen LogP contribution in [-0.2, 0) is 14.3 Å². The van der Waals surface area contributed by atoms with Gasteiger partial charge in [0.05, 0.1) is 11.8 Å². The summed E-state index contributed by atoms with van der Waals surface area (Å²) in [5, 5.41) is 0. The van der Waals surface area contributed by atoms with Crippen molar-refractivity contribution in [2.45, 2.75) is 18.9 Å². The molecule has 70 valence electrons. The van der Waals surface area contributed by atoms with Gasteiger partial charge in [-0.25, -0.2) is 0 Å². The molecule has 0 aromatic heterocycles. The zero-order valence-corrected chi connectivity index (χ0v) is 7.10. The first-order chi connectivity index (χ1) is 6.18. The largest absolute Gasteiger partial charge is 0.462 e. The number of rotatable bonds is 1. The van der Waals surface area contributed by atoms with Gasteiger partial charge in [0, 0.05) is 5.92 Å². The molecule has 0 aromatic carbocycles. The number of esters is 1. The molecule has 4 heteroatoms. The highest BCUT2D eigenvalue weighted by molar-refractivity contribution is 5.87. The van der Waals surface area contributed by atoms with E-state index in [0.717, 1.165) is 12.8 Å². The minimum absolute atomic E-state index is 0.0955. The van der Waals surface area contributed by atoms with Crippen LogP contribution >= 0.6 is 0 Å². The van der Waals surface area contributed by atoms with E-state index >= 15 is 0 Å². The summed E-state index contributed by atoms with van der Waals surface area (Å²) in [6.07, 6.45) is 1.90. The fourth-order valence-electron chi connectivity index (χ4n) is 3.40. The summed E-state index contributed by atoms with van der Waals surface area (Å²) in [5.41, 5.74) is 5.28. The molecule has 0 spiro atoms. The Balaban J connectivity index is 2.01. The molecule has 1 saturated heterocycles. The van der Waals surface area contributed by atoms with Crippen LogP contribution in [0, 0.1) is 23.7 Å². The highest BCUT2D eigenvalue weighted by atomic mass is 16.6. The van der Waals surface area contributed by atoms with Gasteiger partial charge in [-0.3, -0.25) is 9.59 Å². The fraction of sp³-hybridized carbons (Fsp3) is 0.778. The van der Waals surface area contributed by atoms with Gasteiger partial charge in [-0.05, 0) is 18.8 Å². The summed E-state index contributed by atoms with van der Waals surface area (Å²) in [7, 11) is 0. The van der Waals surface area contributed by atoms with Gasteiger partial charge in [0.25, 0.3) is 0 Å². The summed E-state index contributed by atoms with van der Waals surface area (Å²) >= 11 is 0. The predicted molar refractivity (Wildman–Crippen MR) is 42.3 cm³/mol. The van der Waals surface area contributed by atoms with Crippen LogP contribution in [-0.4, -0.2) is 18.0 Å². The minimum Gasteiger partial charge on any atom is -0.462 e. The number of hydrogen-bond donors (Lipinski definition) is 1. The van der Waals surface area contributed by atoms with E-state index in [9.17, 15) is 9.59 Å². The Kier molecular flexibility index (Phi) is 1.16. The average Bonchev–Trinajstić information content (AvgIpc) is 2.60. The number of hydrogen-bond acceptors (Lipinski definition) is 3. The normalized spacial score (nSPS) is 51.1. The van der Waals surface area contributed by atoms with Gasteiger partial charge < -0.3 is 10.5 Å². The van der Waals surface area contributed by atoms with Gasteiger partial charge >= 0.3 is 5.97 Å². The molecule has 13 heavy (non-hydrogen) atoms. The molecule has 1 aliphatic heterocycles. The predicted octanol–water partition coefficient (Wildman–Crippen LogP) is -0.331. The fourth-order valence-corrected chi connectivity index (χ4v) is 3.40. The van der Waals surface area contributed by atoms with Gasteiger partial charge in [0.15, 0.2) is 0 Å². The zero-order valence-electron chi connectivity index (χ0n) is 7.10. The molecule has 3 aliphatic rings. The lowest BCUT2D eigenvalue weighted by molar-refractivity contribution is -0.145. The Morgan fingerprint density at radius 1 is 1.46 bits per heavy atom. The zero-order chi connectivity index (χ0) is 9.16. The summed E-state index contributed by atoms with van der Waals surface area (Å²) in [6.45, 7) is 0. The van der Waals surface area contributed by atoms with Gasteiger partial charge in [-0.2, -0.15) is 0 Å². The van der Waals surface area contributed by atoms with Crippen LogP contribution in [0.25, 0.3) is 0 Å². The second kappa shape index (κ2) is 2.05. The Morgan fingerprint density at radius 2 is 2.23 bits per heavy atom. The van der Waals surface area contributed by atoms with Gasteiger partial charge in [-0.1, -0.05) is 0 Å². The molecule has 1 amide bonds. The van der Waals surface area contributed by atoms with Crippen LogP contribution in [0.15, 0.2) is 0 Å². The summed E-state index contributed by atoms with van der Waals surface area (Å²) < 4.78 is 5.17. The first-order valence-electron chi connectivity index (χ1n) is 4.68. The lowest BCUT2D eigenvalue weighted by Gasteiger charge is -2.20. The van der Waals surface area contributed by atoms with E-state index < -0.39 is 0 Å². The number of amides is 1. The first kappa shape index (κ1) is 7.35. The third-order valence-electron chi connectivity index (χ3n) is 3.81. The van der Waals surface area contributed by atoms with Crippen molar-refractivity contribution in [2.24, 2.45) is 29.4 Å². The van der Waals surface area contributed by atoms with Crippen LogP contribution in [0.5, 0.6) is 0 Å². The Bertz CT molecular complexity index is 299. The van der Waals surface area contributed by atoms with Crippen LogP contribution in [0.1, 0.15) is 12.8 Å². The third-order valence-corrected chi connectivity index (χ3v) is 3.81. The lowest BCUT2D eigenvalue weighted by Crippen LogP contribution is -2.36. The Morgan fingerprint density at radius 3 is 2.92 bits per heavy atom. The van der Waals surface area contributed by atoms with E-state index in [1.807, 2.05) is 0 Å². The molecule has 2 N–H and O–H groups in total. The maximum atomic E-state index is 11.4. The lowest BCUT2D eigenvalue weighted by atomic mass is 9.80. The van der Waals surface area contributed by atoms with Gasteiger partial charge in [0.1, 0.15) is 6.10 Å². The van der Waals surface area contributed by atoms with E-state index in [-0.39, 0.29) is 35.7 Å². The second-order valence-corrected chi connectivity index (χ2v) is 4.32. The van der Waals surface area contributed by atoms with Crippen molar-refractivity contribution in [1.29, 1.82) is 0 Å². The molecule has 2 bridgehead atoms. The SMILES string of the molecule is NC(=O)[C@@H]1[C@H]2C[C@H]3[C@@H]1C(=O)O[C@H]3C2. The number of fused-ring (bicyclic) bond motifs is 1. The van der Waals surface area contributed by atoms with Crippen molar-refractivity contribution in [1.82, 2.24) is 0 Å². The van der Waals surface area contributed by atoms with E-state index in [2.05, 4.69) is 0 Å². The Hall–Kier alpha value is -1.06. The third kappa shape index (κ3) is 0.716. The van der Waals surface area contributed by atoms with Gasteiger partial charge in [0.2, 0.25) is 5.91 Å². The van der Waals surface area contributed by atoms with Crippen molar-refractivity contribution in [3.8, 4) is 0 Å². The van der Waals surface area contributed by atoms with E-state index in [0.29, 0.717) is 5.92 Å². The quantitative estimate of drug-likeness (QED) is 0.563. The monoisotopic (exact) mass is 181 g/mol. The first-order valence-corrected chi connectivity index (χ1v) is 4.68. The molecule has 0 radical (unpaired) electrons. The molecule has 2 saturated carbocycles. The van der Waals surface area contributed by atoms with Crippen molar-refractivity contribution in [3.63, 3.8) is 0 Å². The van der Waals surface area contributed by atoms with E-state index in [1.165, 1.54) is 0 Å². The minimum atomic E-state index is -0.324. The number of primary amides is 1. The van der Waals surface area contributed by atoms with Crippen molar-refractivity contribution >= 4 is 11.9 Å². The summed E-state index contributed by atoms with van der Waals surface area (Å²) in [5.74, 6) is -0.370. The standard InChI is InChI=1S/C9H11NO3/c10-8(11)6-3-1-4-5(2-3)13-9(12)7(4)6/h3-7H,1-2H2,(H2,10,11)/t3-,4+,5-,6+,7-/m0/s1. The molecule has 0 aromatic rings. The number of ether oxygens (including phenoxy) is 1. The molecule has 0 unspecified atom stereocenters. The maximum Gasteiger partial charge on any atom is 0.310 e. The van der Waals surface area contributed by atoms with Crippen LogP contribution in [0.2, 0.25) is 0 Å². The summed E-state index contributed by atoms with van der Waals surface area (Å²) in [4.78, 5) is 22.5. The molecule has 2 aliphatic carbocycles. The van der Waals surface area contributed by atoms with Crippen LogP contribution < -0.4 is 5.73 Å². The molecular weight excluding hydrogens is 170 g/mol. The number of carbonyl (C=O) groups excluding carboxylic acids is 2. The molecule has 4 nitrogen and oxygen atoms in total. The number of nitrogens with two attached hydrogens (primary N) is 1. The second-order valence-electron chi connectivity index (χ2n) is 4.32. The topological polar surface area (TPSA) is 69.4 Å².